The SMILES string of the molecule is COc1ccc(Cl)cc1COc1cncc(C#CCN)c1. The van der Waals surface area contributed by atoms with E-state index in [4.69, 9.17) is 26.8 Å². The standard InChI is InChI=1S/C16H15ClN2O2/c1-20-16-5-4-14(17)8-13(16)11-21-15-7-12(3-2-6-18)9-19-10-15/h4-5,7-10H,6,11,18H2,1H3. The molecule has 0 saturated carbocycles. The van der Waals surface area contributed by atoms with Crippen molar-refractivity contribution in [2.24, 2.45) is 5.73 Å². The Kier molecular flexibility index (Phi) is 5.44. The third kappa shape index (κ3) is 4.38. The number of pyridine rings is 1. The number of hydrogen-bond acceptors (Lipinski definition) is 4. The molecule has 0 bridgehead atoms. The van der Waals surface area contributed by atoms with Crippen molar-refractivity contribution < 1.29 is 9.47 Å². The highest BCUT2D eigenvalue weighted by Gasteiger charge is 2.05. The van der Waals surface area contributed by atoms with Crippen LogP contribution < -0.4 is 15.2 Å². The molecule has 2 aromatic rings. The van der Waals surface area contributed by atoms with Gasteiger partial charge in [-0.2, -0.15) is 0 Å². The minimum absolute atomic E-state index is 0.310. The van der Waals surface area contributed by atoms with Crippen LogP contribution in [0.1, 0.15) is 11.1 Å². The number of rotatable bonds is 4. The second-order valence-electron chi connectivity index (χ2n) is 4.16. The summed E-state index contributed by atoms with van der Waals surface area (Å²) >= 11 is 5.98. The summed E-state index contributed by atoms with van der Waals surface area (Å²) in [6.45, 7) is 0.643. The van der Waals surface area contributed by atoms with Crippen molar-refractivity contribution in [2.75, 3.05) is 13.7 Å². The molecular formula is C16H15ClN2O2. The van der Waals surface area contributed by atoms with E-state index in [0.29, 0.717) is 23.9 Å². The van der Waals surface area contributed by atoms with Gasteiger partial charge in [0.1, 0.15) is 18.1 Å². The first-order valence-electron chi connectivity index (χ1n) is 6.32. The van der Waals surface area contributed by atoms with E-state index in [1.165, 1.54) is 0 Å². The third-order valence-corrected chi connectivity index (χ3v) is 2.92. The minimum atomic E-state index is 0.310. The van der Waals surface area contributed by atoms with Crippen molar-refractivity contribution in [2.45, 2.75) is 6.61 Å². The maximum absolute atomic E-state index is 5.98. The van der Waals surface area contributed by atoms with Crippen LogP contribution >= 0.6 is 11.6 Å². The molecule has 5 heteroatoms. The van der Waals surface area contributed by atoms with E-state index in [9.17, 15) is 0 Å². The Morgan fingerprint density at radius 2 is 2.14 bits per heavy atom. The van der Waals surface area contributed by atoms with Crippen molar-refractivity contribution in [1.29, 1.82) is 0 Å². The highest BCUT2D eigenvalue weighted by atomic mass is 35.5. The molecule has 0 spiro atoms. The fourth-order valence-electron chi connectivity index (χ4n) is 1.74. The maximum atomic E-state index is 5.98. The molecule has 0 atom stereocenters. The Hall–Kier alpha value is -2.22. The van der Waals surface area contributed by atoms with Gasteiger partial charge in [-0.05, 0) is 24.3 Å². The first-order chi connectivity index (χ1) is 10.2. The zero-order valence-electron chi connectivity index (χ0n) is 11.6. The van der Waals surface area contributed by atoms with E-state index in [1.54, 1.807) is 25.6 Å². The zero-order valence-corrected chi connectivity index (χ0v) is 12.4. The average Bonchev–Trinajstić information content (AvgIpc) is 2.51. The first kappa shape index (κ1) is 15.2. The molecule has 0 radical (unpaired) electrons. The zero-order chi connectivity index (χ0) is 15.1. The van der Waals surface area contributed by atoms with E-state index in [-0.39, 0.29) is 0 Å². The highest BCUT2D eigenvalue weighted by Crippen LogP contribution is 2.24. The first-order valence-corrected chi connectivity index (χ1v) is 6.70. The summed E-state index contributed by atoms with van der Waals surface area (Å²) in [6.07, 6.45) is 3.29. The third-order valence-electron chi connectivity index (χ3n) is 2.68. The molecule has 2 N–H and O–H groups in total. The van der Waals surface area contributed by atoms with E-state index in [2.05, 4.69) is 16.8 Å². The number of nitrogens with two attached hydrogens (primary N) is 1. The lowest BCUT2D eigenvalue weighted by Gasteiger charge is -2.10. The summed E-state index contributed by atoms with van der Waals surface area (Å²) in [5.74, 6) is 7.04. The minimum Gasteiger partial charge on any atom is -0.496 e. The van der Waals surface area contributed by atoms with Crippen LogP contribution in [-0.4, -0.2) is 18.6 Å². The van der Waals surface area contributed by atoms with Gasteiger partial charge in [0.15, 0.2) is 0 Å². The fourth-order valence-corrected chi connectivity index (χ4v) is 1.93. The van der Waals surface area contributed by atoms with Crippen LogP contribution in [0.2, 0.25) is 5.02 Å². The van der Waals surface area contributed by atoms with E-state index in [1.807, 2.05) is 18.2 Å². The smallest absolute Gasteiger partial charge is 0.139 e. The van der Waals surface area contributed by atoms with E-state index >= 15 is 0 Å². The number of methoxy groups -OCH3 is 1. The summed E-state index contributed by atoms with van der Waals surface area (Å²) in [6, 6.07) is 7.20. The summed E-state index contributed by atoms with van der Waals surface area (Å²) in [5.41, 5.74) is 6.97. The van der Waals surface area contributed by atoms with Gasteiger partial charge in [0, 0.05) is 22.3 Å². The van der Waals surface area contributed by atoms with Gasteiger partial charge >= 0.3 is 0 Å². The van der Waals surface area contributed by atoms with Crippen molar-refractivity contribution in [1.82, 2.24) is 4.98 Å². The molecule has 1 aromatic carbocycles. The number of ether oxygens (including phenoxy) is 2. The summed E-state index contributed by atoms with van der Waals surface area (Å²) < 4.78 is 11.0. The summed E-state index contributed by atoms with van der Waals surface area (Å²) in [7, 11) is 1.61. The second kappa shape index (κ2) is 7.53. The lowest BCUT2D eigenvalue weighted by molar-refractivity contribution is 0.295. The van der Waals surface area contributed by atoms with Gasteiger partial charge in [0.2, 0.25) is 0 Å². The highest BCUT2D eigenvalue weighted by molar-refractivity contribution is 6.30. The monoisotopic (exact) mass is 302 g/mol. The normalized spacial score (nSPS) is 9.67. The maximum Gasteiger partial charge on any atom is 0.139 e. The fraction of sp³-hybridized carbons (Fsp3) is 0.188. The molecule has 0 aliphatic rings. The van der Waals surface area contributed by atoms with Gasteiger partial charge < -0.3 is 15.2 Å². The average molecular weight is 303 g/mol. The molecule has 1 heterocycles. The van der Waals surface area contributed by atoms with Gasteiger partial charge in [0.05, 0.1) is 19.9 Å². The number of hydrogen-bond donors (Lipinski definition) is 1. The lowest BCUT2D eigenvalue weighted by Crippen LogP contribution is -1.99. The Morgan fingerprint density at radius 3 is 2.90 bits per heavy atom. The Labute approximate surface area is 128 Å². The van der Waals surface area contributed by atoms with Crippen LogP contribution in [-0.2, 0) is 6.61 Å². The van der Waals surface area contributed by atoms with E-state index < -0.39 is 0 Å². The van der Waals surface area contributed by atoms with Crippen molar-refractivity contribution in [3.05, 3.63) is 52.8 Å². The molecule has 0 amide bonds. The molecule has 0 saturated heterocycles. The summed E-state index contributed by atoms with van der Waals surface area (Å²) in [5, 5.41) is 0.634. The number of aromatic nitrogens is 1. The molecule has 108 valence electrons. The van der Waals surface area contributed by atoms with Gasteiger partial charge in [-0.15, -0.1) is 0 Å². The molecule has 0 fully saturated rings. The molecule has 4 nitrogen and oxygen atoms in total. The number of nitrogens with zero attached hydrogens (tertiary/aromatic N) is 1. The van der Waals surface area contributed by atoms with Crippen LogP contribution in [0.15, 0.2) is 36.7 Å². The van der Waals surface area contributed by atoms with Gasteiger partial charge in [0.25, 0.3) is 0 Å². The predicted octanol–water partition coefficient (Wildman–Crippen LogP) is 2.63. The molecule has 21 heavy (non-hydrogen) atoms. The van der Waals surface area contributed by atoms with Crippen molar-refractivity contribution in [3.63, 3.8) is 0 Å². The lowest BCUT2D eigenvalue weighted by atomic mass is 10.2. The van der Waals surface area contributed by atoms with Crippen molar-refractivity contribution in [3.8, 4) is 23.3 Å². The second-order valence-corrected chi connectivity index (χ2v) is 4.60. The molecule has 1 aromatic heterocycles. The van der Waals surface area contributed by atoms with E-state index in [0.717, 1.165) is 16.9 Å². The number of benzene rings is 1. The number of halogens is 1. The Morgan fingerprint density at radius 1 is 1.29 bits per heavy atom. The predicted molar refractivity (Wildman–Crippen MR) is 82.5 cm³/mol. The van der Waals surface area contributed by atoms with Gasteiger partial charge in [-0.3, -0.25) is 4.98 Å². The molecular weight excluding hydrogens is 288 g/mol. The molecule has 0 aliphatic carbocycles. The van der Waals surface area contributed by atoms with Crippen LogP contribution in [0.5, 0.6) is 11.5 Å². The topological polar surface area (TPSA) is 57.4 Å². The molecule has 2 rings (SSSR count). The van der Waals surface area contributed by atoms with Crippen molar-refractivity contribution >= 4 is 11.6 Å². The molecule has 0 aliphatic heterocycles. The Bertz CT molecular complexity index is 677. The van der Waals surface area contributed by atoms with Crippen LogP contribution in [0.4, 0.5) is 0 Å². The quantitative estimate of drug-likeness (QED) is 0.882. The van der Waals surface area contributed by atoms with Crippen LogP contribution in [0.3, 0.4) is 0 Å². The van der Waals surface area contributed by atoms with Gasteiger partial charge in [-0.1, -0.05) is 23.4 Å². The largest absolute Gasteiger partial charge is 0.496 e. The Balaban J connectivity index is 2.11. The van der Waals surface area contributed by atoms with Crippen LogP contribution in [0, 0.1) is 11.8 Å². The molecule has 0 unspecified atom stereocenters. The summed E-state index contributed by atoms with van der Waals surface area (Å²) in [4.78, 5) is 4.08. The van der Waals surface area contributed by atoms with Crippen LogP contribution in [0.25, 0.3) is 0 Å². The van der Waals surface area contributed by atoms with Gasteiger partial charge in [-0.25, -0.2) is 0 Å².